The number of nitrogens with one attached hydrogen (secondary N) is 1. The molecule has 0 fully saturated rings. The second-order valence-electron chi connectivity index (χ2n) is 7.88. The van der Waals surface area contributed by atoms with Gasteiger partial charge in [0.05, 0.1) is 5.71 Å². The molecule has 1 unspecified atom stereocenters. The van der Waals surface area contributed by atoms with Crippen LogP contribution < -0.4 is 5.32 Å². The number of nitrogens with zero attached hydrogens (tertiary/aromatic N) is 4. The highest BCUT2D eigenvalue weighted by molar-refractivity contribution is 6.34. The van der Waals surface area contributed by atoms with E-state index in [1.165, 1.54) is 36.0 Å². The Balaban J connectivity index is 1.59. The number of hydrogen-bond acceptors (Lipinski definition) is 5. The zero-order valence-electron chi connectivity index (χ0n) is 18.3. The molecule has 0 spiro atoms. The predicted molar refractivity (Wildman–Crippen MR) is 121 cm³/mol. The molecule has 0 saturated heterocycles. The van der Waals surface area contributed by atoms with Crippen LogP contribution in [0.25, 0.3) is 0 Å². The molecular formula is C22H17Cl2F4N5O2. The van der Waals surface area contributed by atoms with Gasteiger partial charge in [-0.3, -0.25) is 10.1 Å². The van der Waals surface area contributed by atoms with Gasteiger partial charge in [0.1, 0.15) is 6.67 Å². The molecule has 1 aliphatic rings. The first kappa shape index (κ1) is 24.9. The van der Waals surface area contributed by atoms with Crippen LogP contribution in [0.2, 0.25) is 10.0 Å². The summed E-state index contributed by atoms with van der Waals surface area (Å²) >= 11 is 11.9. The third-order valence-corrected chi connectivity index (χ3v) is 5.95. The highest BCUT2D eigenvalue weighted by atomic mass is 35.5. The molecule has 0 radical (unpaired) electrons. The van der Waals surface area contributed by atoms with Gasteiger partial charge in [0, 0.05) is 34.6 Å². The van der Waals surface area contributed by atoms with E-state index in [2.05, 4.69) is 20.6 Å². The average molecular weight is 530 g/mol. The number of carbonyl (C=O) groups excluding carboxylic acids is 1. The van der Waals surface area contributed by atoms with Crippen molar-refractivity contribution in [2.75, 3.05) is 5.32 Å². The Hall–Kier alpha value is -3.18. The maximum atomic E-state index is 14.2. The van der Waals surface area contributed by atoms with Crippen LogP contribution in [0.4, 0.5) is 23.5 Å². The maximum Gasteiger partial charge on any atom is 0.435 e. The lowest BCUT2D eigenvalue weighted by molar-refractivity contribution is -0.275. The Labute approximate surface area is 206 Å². The minimum atomic E-state index is -4.82. The van der Waals surface area contributed by atoms with E-state index in [4.69, 9.17) is 28.0 Å². The van der Waals surface area contributed by atoms with E-state index in [1.807, 2.05) is 0 Å². The quantitative estimate of drug-likeness (QED) is 0.427. The second-order valence-corrected chi connectivity index (χ2v) is 8.75. The van der Waals surface area contributed by atoms with Crippen LogP contribution in [-0.2, 0) is 24.2 Å². The van der Waals surface area contributed by atoms with Crippen molar-refractivity contribution in [2.45, 2.75) is 31.8 Å². The molecule has 1 atom stereocenters. The van der Waals surface area contributed by atoms with Crippen LogP contribution in [0.3, 0.4) is 0 Å². The lowest BCUT2D eigenvalue weighted by Gasteiger charge is -2.29. The van der Waals surface area contributed by atoms with Crippen molar-refractivity contribution < 1.29 is 27.2 Å². The molecule has 3 aromatic rings. The van der Waals surface area contributed by atoms with Gasteiger partial charge in [-0.1, -0.05) is 34.4 Å². The zero-order chi connectivity index (χ0) is 25.5. The summed E-state index contributed by atoms with van der Waals surface area (Å²) in [5.41, 5.74) is -1.98. The molecule has 1 N–H and O–H groups in total. The molecule has 2 heterocycles. The fourth-order valence-corrected chi connectivity index (χ4v) is 4.22. The van der Waals surface area contributed by atoms with Gasteiger partial charge in [-0.25, -0.2) is 9.07 Å². The maximum absolute atomic E-state index is 14.2. The predicted octanol–water partition coefficient (Wildman–Crippen LogP) is 5.73. The molecule has 0 aliphatic carbocycles. The summed E-state index contributed by atoms with van der Waals surface area (Å²) in [6.45, 7) is 0.763. The standard InChI is InChI=1S/C22H17Cl2F4N5O2/c1-11-5-12(3-4-16(11)19(34)30-20-29-18(10-25)33(2)31-20)17-9-21(35-32-17,22(26,27)28)13-6-14(23)8-15(24)7-13/h3-8H,9-10H2,1-2H3,(H,30,31,34). The molecule has 0 bridgehead atoms. The molecule has 1 amide bonds. The molecule has 184 valence electrons. The Morgan fingerprint density at radius 2 is 1.89 bits per heavy atom. The summed E-state index contributed by atoms with van der Waals surface area (Å²) in [7, 11) is 1.49. The number of alkyl halides is 4. The number of aryl methyl sites for hydroxylation is 2. The van der Waals surface area contributed by atoms with E-state index in [-0.39, 0.29) is 38.7 Å². The minimum Gasteiger partial charge on any atom is -0.374 e. The second kappa shape index (κ2) is 9.12. The third kappa shape index (κ3) is 4.70. The fraction of sp³-hybridized carbons (Fsp3) is 0.273. The van der Waals surface area contributed by atoms with E-state index >= 15 is 0 Å². The average Bonchev–Trinajstić information content (AvgIpc) is 3.37. The monoisotopic (exact) mass is 529 g/mol. The first-order valence-corrected chi connectivity index (χ1v) is 10.9. The van der Waals surface area contributed by atoms with Crippen molar-refractivity contribution in [3.8, 4) is 0 Å². The van der Waals surface area contributed by atoms with Crippen molar-refractivity contribution in [3.63, 3.8) is 0 Å². The van der Waals surface area contributed by atoms with Crippen LogP contribution in [0.1, 0.15) is 39.3 Å². The van der Waals surface area contributed by atoms with Crippen molar-refractivity contribution >= 4 is 40.8 Å². The molecule has 2 aromatic carbocycles. The Bertz CT molecular complexity index is 1320. The van der Waals surface area contributed by atoms with Crippen LogP contribution in [0.15, 0.2) is 41.6 Å². The molecule has 0 saturated carbocycles. The van der Waals surface area contributed by atoms with Crippen LogP contribution in [-0.4, -0.2) is 32.6 Å². The van der Waals surface area contributed by atoms with Crippen molar-refractivity contribution in [2.24, 2.45) is 12.2 Å². The lowest BCUT2D eigenvalue weighted by Crippen LogP contribution is -2.42. The Morgan fingerprint density at radius 3 is 2.46 bits per heavy atom. The number of rotatable bonds is 5. The smallest absolute Gasteiger partial charge is 0.374 e. The van der Waals surface area contributed by atoms with Gasteiger partial charge in [-0.15, -0.1) is 5.10 Å². The number of hydrogen-bond donors (Lipinski definition) is 1. The number of benzene rings is 2. The molecule has 7 nitrogen and oxygen atoms in total. The summed E-state index contributed by atoms with van der Waals surface area (Å²) < 4.78 is 56.6. The van der Waals surface area contributed by atoms with E-state index < -0.39 is 30.8 Å². The number of carbonyl (C=O) groups is 1. The van der Waals surface area contributed by atoms with E-state index in [0.717, 1.165) is 12.1 Å². The SMILES string of the molecule is Cc1cc(C2=NOC(c3cc(Cl)cc(Cl)c3)(C(F)(F)F)C2)ccc1C(=O)Nc1nc(CF)n(C)n1. The summed E-state index contributed by atoms with van der Waals surface area (Å²) in [4.78, 5) is 21.5. The topological polar surface area (TPSA) is 81.4 Å². The fourth-order valence-electron chi connectivity index (χ4n) is 3.70. The summed E-state index contributed by atoms with van der Waals surface area (Å²) in [5.74, 6) is -0.592. The molecule has 35 heavy (non-hydrogen) atoms. The van der Waals surface area contributed by atoms with Gasteiger partial charge in [0.25, 0.3) is 11.5 Å². The summed E-state index contributed by atoms with van der Waals surface area (Å²) in [6, 6.07) is 8.01. The molecular weight excluding hydrogens is 513 g/mol. The van der Waals surface area contributed by atoms with E-state index in [0.29, 0.717) is 11.1 Å². The number of halogens is 6. The van der Waals surface area contributed by atoms with E-state index in [9.17, 15) is 22.4 Å². The summed E-state index contributed by atoms with van der Waals surface area (Å²) in [6.07, 6.45) is -5.45. The highest BCUT2D eigenvalue weighted by Gasteiger charge is 2.62. The summed E-state index contributed by atoms with van der Waals surface area (Å²) in [5, 5.41) is 10.2. The first-order valence-electron chi connectivity index (χ1n) is 10.1. The number of oxime groups is 1. The van der Waals surface area contributed by atoms with Crippen LogP contribution in [0, 0.1) is 6.92 Å². The number of anilines is 1. The molecule has 1 aromatic heterocycles. The highest BCUT2D eigenvalue weighted by Crippen LogP contribution is 2.49. The first-order chi connectivity index (χ1) is 16.4. The number of aromatic nitrogens is 3. The zero-order valence-corrected chi connectivity index (χ0v) is 19.8. The Morgan fingerprint density at radius 1 is 1.20 bits per heavy atom. The molecule has 13 heteroatoms. The van der Waals surface area contributed by atoms with Gasteiger partial charge in [0.15, 0.2) is 5.82 Å². The Kier molecular flexibility index (Phi) is 6.50. The van der Waals surface area contributed by atoms with Gasteiger partial charge in [-0.2, -0.15) is 18.2 Å². The lowest BCUT2D eigenvalue weighted by atomic mass is 9.86. The van der Waals surface area contributed by atoms with Gasteiger partial charge in [-0.05, 0) is 48.4 Å². The third-order valence-electron chi connectivity index (χ3n) is 5.52. The van der Waals surface area contributed by atoms with Gasteiger partial charge < -0.3 is 4.84 Å². The molecule has 1 aliphatic heterocycles. The van der Waals surface area contributed by atoms with Crippen molar-refractivity contribution in [1.82, 2.24) is 14.8 Å². The van der Waals surface area contributed by atoms with Crippen LogP contribution >= 0.6 is 23.2 Å². The van der Waals surface area contributed by atoms with E-state index in [1.54, 1.807) is 6.92 Å². The van der Waals surface area contributed by atoms with Crippen LogP contribution in [0.5, 0.6) is 0 Å². The van der Waals surface area contributed by atoms with Gasteiger partial charge >= 0.3 is 6.18 Å². The van der Waals surface area contributed by atoms with Gasteiger partial charge in [0.2, 0.25) is 5.95 Å². The normalized spacial score (nSPS) is 17.8. The van der Waals surface area contributed by atoms with Crippen molar-refractivity contribution in [3.05, 3.63) is 74.5 Å². The number of amides is 1. The van der Waals surface area contributed by atoms with Crippen molar-refractivity contribution in [1.29, 1.82) is 0 Å². The minimum absolute atomic E-state index is 0.0282. The largest absolute Gasteiger partial charge is 0.435 e. The molecule has 4 rings (SSSR count).